The third-order valence-corrected chi connectivity index (χ3v) is 7.71. The molecule has 5 heteroatoms. The summed E-state index contributed by atoms with van der Waals surface area (Å²) in [6.45, 7) is 12.9. The number of rotatable bonds is 1. The Kier molecular flexibility index (Phi) is 4.56. The minimum Gasteiger partial charge on any atom is -0.307 e. The molecule has 6 rings (SSSR count). The molecular weight excluding hydrogens is 457 g/mol. The van der Waals surface area contributed by atoms with Crippen LogP contribution in [-0.4, -0.2) is 4.40 Å². The molecule has 3 aromatic heterocycles. The first-order chi connectivity index (χ1) is 16.8. The summed E-state index contributed by atoms with van der Waals surface area (Å²) in [7, 11) is 1.74. The SMILES string of the molecule is Cc1cc(C)c2c(c1C)c1c3c(ccc4c5ccc(CC(C)(C)C)cc5n2c43)c(C(F)(F)F)c[n+]1C. The fourth-order valence-corrected chi connectivity index (χ4v) is 6.25. The van der Waals surface area contributed by atoms with E-state index in [0.29, 0.717) is 5.39 Å². The molecule has 2 nitrogen and oxygen atoms in total. The number of fused-ring (bicyclic) bond motifs is 6. The van der Waals surface area contributed by atoms with Crippen molar-refractivity contribution < 1.29 is 17.7 Å². The van der Waals surface area contributed by atoms with Crippen LogP contribution in [0.15, 0.2) is 42.6 Å². The van der Waals surface area contributed by atoms with Crippen LogP contribution >= 0.6 is 0 Å². The highest BCUT2D eigenvalue weighted by Crippen LogP contribution is 2.45. The number of hydrogen-bond acceptors (Lipinski definition) is 0. The second-order valence-corrected chi connectivity index (χ2v) is 11.7. The van der Waals surface area contributed by atoms with E-state index in [1.807, 2.05) is 6.07 Å². The molecule has 0 atom stereocenters. The van der Waals surface area contributed by atoms with E-state index in [0.717, 1.165) is 61.3 Å². The molecule has 36 heavy (non-hydrogen) atoms. The highest BCUT2D eigenvalue weighted by atomic mass is 19.4. The number of aryl methyl sites for hydroxylation is 4. The van der Waals surface area contributed by atoms with E-state index in [1.165, 1.54) is 11.8 Å². The largest absolute Gasteiger partial charge is 0.422 e. The monoisotopic (exact) mass is 487 g/mol. The molecule has 0 spiro atoms. The zero-order valence-corrected chi connectivity index (χ0v) is 21.8. The molecule has 0 saturated heterocycles. The van der Waals surface area contributed by atoms with Crippen LogP contribution in [0.25, 0.3) is 49.0 Å². The van der Waals surface area contributed by atoms with Crippen molar-refractivity contribution >= 4 is 49.0 Å². The maximum Gasteiger partial charge on any atom is 0.422 e. The van der Waals surface area contributed by atoms with Crippen LogP contribution in [0.1, 0.15) is 48.6 Å². The Morgan fingerprint density at radius 1 is 0.806 bits per heavy atom. The molecule has 184 valence electrons. The third kappa shape index (κ3) is 3.07. The highest BCUT2D eigenvalue weighted by Gasteiger charge is 2.38. The van der Waals surface area contributed by atoms with Crippen molar-refractivity contribution in [1.29, 1.82) is 0 Å². The van der Waals surface area contributed by atoms with Crippen LogP contribution in [0, 0.1) is 26.2 Å². The van der Waals surface area contributed by atoms with Gasteiger partial charge in [-0.15, -0.1) is 0 Å². The molecule has 0 radical (unpaired) electrons. The summed E-state index contributed by atoms with van der Waals surface area (Å²) in [6, 6.07) is 12.3. The van der Waals surface area contributed by atoms with Crippen molar-refractivity contribution in [2.24, 2.45) is 12.5 Å². The topological polar surface area (TPSA) is 8.29 Å². The van der Waals surface area contributed by atoms with Crippen LogP contribution in [-0.2, 0) is 19.6 Å². The van der Waals surface area contributed by atoms with Gasteiger partial charge in [0.1, 0.15) is 12.6 Å². The normalized spacial score (nSPS) is 13.4. The number of benzene rings is 3. The number of pyridine rings is 2. The second-order valence-electron chi connectivity index (χ2n) is 11.7. The average molecular weight is 488 g/mol. The summed E-state index contributed by atoms with van der Waals surface area (Å²) in [6.07, 6.45) is -2.27. The van der Waals surface area contributed by atoms with Gasteiger partial charge in [-0.2, -0.15) is 17.7 Å². The van der Waals surface area contributed by atoms with Gasteiger partial charge in [-0.3, -0.25) is 0 Å². The van der Waals surface area contributed by atoms with Crippen LogP contribution in [0.2, 0.25) is 0 Å². The number of hydrogen-bond donors (Lipinski definition) is 0. The van der Waals surface area contributed by atoms with E-state index >= 15 is 0 Å². The Balaban J connectivity index is 1.97. The molecule has 0 amide bonds. The van der Waals surface area contributed by atoms with E-state index < -0.39 is 11.7 Å². The van der Waals surface area contributed by atoms with Gasteiger partial charge < -0.3 is 4.40 Å². The Morgan fingerprint density at radius 2 is 1.47 bits per heavy atom. The zero-order chi connectivity index (χ0) is 25.9. The molecule has 0 aliphatic heterocycles. The van der Waals surface area contributed by atoms with Gasteiger partial charge in [0.15, 0.2) is 6.20 Å². The Hall–Kier alpha value is -3.34. The maximum atomic E-state index is 14.2. The lowest BCUT2D eigenvalue weighted by molar-refractivity contribution is -0.644. The average Bonchev–Trinajstić information content (AvgIpc) is 3.09. The molecule has 0 aliphatic rings. The molecular formula is C31H30F3N2+. The van der Waals surface area contributed by atoms with Crippen LogP contribution in [0.4, 0.5) is 13.2 Å². The van der Waals surface area contributed by atoms with Gasteiger partial charge in [-0.25, -0.2) is 0 Å². The van der Waals surface area contributed by atoms with Crippen LogP contribution < -0.4 is 4.57 Å². The molecule has 0 bridgehead atoms. The van der Waals surface area contributed by atoms with Crippen molar-refractivity contribution in [3.8, 4) is 0 Å². The molecule has 6 aromatic rings. The first-order valence-electron chi connectivity index (χ1n) is 12.4. The number of halogens is 3. The van der Waals surface area contributed by atoms with Gasteiger partial charge in [0.05, 0.1) is 27.3 Å². The minimum atomic E-state index is -4.45. The molecule has 0 unspecified atom stereocenters. The molecule has 0 saturated carbocycles. The van der Waals surface area contributed by atoms with Crippen molar-refractivity contribution in [3.05, 3.63) is 70.4 Å². The Morgan fingerprint density at radius 3 is 2.14 bits per heavy atom. The van der Waals surface area contributed by atoms with Gasteiger partial charge in [-0.1, -0.05) is 51.1 Å². The third-order valence-electron chi connectivity index (χ3n) is 7.71. The van der Waals surface area contributed by atoms with Gasteiger partial charge in [0.2, 0.25) is 5.52 Å². The fourth-order valence-electron chi connectivity index (χ4n) is 6.25. The zero-order valence-electron chi connectivity index (χ0n) is 21.8. The summed E-state index contributed by atoms with van der Waals surface area (Å²) in [5, 5.41) is 4.02. The van der Waals surface area contributed by atoms with E-state index in [9.17, 15) is 13.2 Å². The lowest BCUT2D eigenvalue weighted by Gasteiger charge is -2.19. The predicted octanol–water partition coefficient (Wildman–Crippen LogP) is 8.35. The van der Waals surface area contributed by atoms with Crippen molar-refractivity contribution in [2.45, 2.75) is 54.1 Å². The van der Waals surface area contributed by atoms with Gasteiger partial charge in [-0.05, 0) is 60.9 Å². The summed E-state index contributed by atoms with van der Waals surface area (Å²) in [5.74, 6) is 0. The predicted molar refractivity (Wildman–Crippen MR) is 142 cm³/mol. The van der Waals surface area contributed by atoms with E-state index in [-0.39, 0.29) is 10.8 Å². The van der Waals surface area contributed by atoms with E-state index in [1.54, 1.807) is 17.7 Å². The molecule has 3 aromatic carbocycles. The Bertz CT molecular complexity index is 1860. The van der Waals surface area contributed by atoms with Gasteiger partial charge in [0, 0.05) is 16.2 Å². The smallest absolute Gasteiger partial charge is 0.307 e. The number of nitrogens with zero attached hydrogens (tertiary/aromatic N) is 2. The van der Waals surface area contributed by atoms with Crippen molar-refractivity contribution in [2.75, 3.05) is 0 Å². The standard InChI is InChI=1S/C31H30F3N2/c1-16-12-17(2)27-25(18(16)3)29-26-22(23(15-35(29)7)31(32,33)34)11-10-21-20-9-8-19(14-30(4,5)6)13-24(20)36(27)28(21)26/h8-13,15H,14H2,1-7H3/q+1. The summed E-state index contributed by atoms with van der Waals surface area (Å²) >= 11 is 0. The maximum absolute atomic E-state index is 14.2. The highest BCUT2D eigenvalue weighted by molar-refractivity contribution is 6.28. The van der Waals surface area contributed by atoms with Crippen molar-refractivity contribution in [1.82, 2.24) is 4.40 Å². The first-order valence-corrected chi connectivity index (χ1v) is 12.4. The van der Waals surface area contributed by atoms with Gasteiger partial charge in [0.25, 0.3) is 0 Å². The lowest BCUT2D eigenvalue weighted by Crippen LogP contribution is -2.32. The summed E-state index contributed by atoms with van der Waals surface area (Å²) in [4.78, 5) is 0. The van der Waals surface area contributed by atoms with E-state index in [2.05, 4.69) is 70.2 Å². The van der Waals surface area contributed by atoms with Crippen molar-refractivity contribution in [3.63, 3.8) is 0 Å². The molecule has 0 aliphatic carbocycles. The number of aromatic nitrogens is 2. The van der Waals surface area contributed by atoms with Crippen LogP contribution in [0.3, 0.4) is 0 Å². The first kappa shape index (κ1) is 23.1. The summed E-state index contributed by atoms with van der Waals surface area (Å²) in [5.41, 5.74) is 7.96. The molecule has 0 fully saturated rings. The minimum absolute atomic E-state index is 0.123. The van der Waals surface area contributed by atoms with Crippen LogP contribution in [0.5, 0.6) is 0 Å². The second kappa shape index (κ2) is 7.12. The Labute approximate surface area is 208 Å². The van der Waals surface area contributed by atoms with Gasteiger partial charge >= 0.3 is 6.18 Å². The quantitative estimate of drug-likeness (QED) is 0.125. The fraction of sp³-hybridized carbons (Fsp3) is 0.323. The molecule has 3 heterocycles. The summed E-state index contributed by atoms with van der Waals surface area (Å²) < 4.78 is 46.7. The number of alkyl halides is 3. The molecule has 0 N–H and O–H groups in total. The lowest BCUT2D eigenvalue weighted by atomic mass is 9.88. The van der Waals surface area contributed by atoms with E-state index in [4.69, 9.17) is 0 Å².